The van der Waals surface area contributed by atoms with E-state index < -0.39 is 5.97 Å². The number of nitrogens with zero attached hydrogens (tertiary/aromatic N) is 2. The standard InChI is InChI=1S/C20H26N2O4/c1-21(15-19(24)22-13-11-17(12-14-22)20(25)26)18(23)10-6-5-9-16-7-3-2-4-8-16/h2-5,7-9,17H,6,10-15H2,1H3,(H,25,26)/b9-5+. The van der Waals surface area contributed by atoms with Gasteiger partial charge in [0.15, 0.2) is 0 Å². The molecule has 6 heteroatoms. The van der Waals surface area contributed by atoms with E-state index in [9.17, 15) is 14.4 Å². The highest BCUT2D eigenvalue weighted by atomic mass is 16.4. The van der Waals surface area contributed by atoms with Gasteiger partial charge in [0.2, 0.25) is 11.8 Å². The summed E-state index contributed by atoms with van der Waals surface area (Å²) in [5.41, 5.74) is 1.09. The smallest absolute Gasteiger partial charge is 0.306 e. The Morgan fingerprint density at radius 1 is 1.19 bits per heavy atom. The summed E-state index contributed by atoms with van der Waals surface area (Å²) in [6.07, 6.45) is 5.86. The lowest BCUT2D eigenvalue weighted by Crippen LogP contribution is -2.45. The van der Waals surface area contributed by atoms with Gasteiger partial charge in [0.1, 0.15) is 0 Å². The first-order valence-corrected chi connectivity index (χ1v) is 8.93. The molecule has 0 radical (unpaired) electrons. The molecule has 0 saturated carbocycles. The Labute approximate surface area is 154 Å². The van der Waals surface area contributed by atoms with E-state index in [1.807, 2.05) is 42.5 Å². The molecule has 1 fully saturated rings. The minimum absolute atomic E-state index is 0.0406. The molecule has 2 amide bonds. The zero-order valence-corrected chi connectivity index (χ0v) is 15.1. The molecule has 1 N–H and O–H groups in total. The first kappa shape index (κ1) is 19.7. The van der Waals surface area contributed by atoms with E-state index in [-0.39, 0.29) is 24.3 Å². The van der Waals surface area contributed by atoms with E-state index in [1.165, 1.54) is 4.90 Å². The van der Waals surface area contributed by atoms with Crippen molar-refractivity contribution in [2.45, 2.75) is 25.7 Å². The normalized spacial score (nSPS) is 15.2. The van der Waals surface area contributed by atoms with E-state index >= 15 is 0 Å². The highest BCUT2D eigenvalue weighted by Crippen LogP contribution is 2.17. The number of likely N-dealkylation sites (tertiary alicyclic amines) is 1. The number of carbonyl (C=O) groups excluding carboxylic acids is 2. The van der Waals surface area contributed by atoms with Gasteiger partial charge in [-0.15, -0.1) is 0 Å². The number of aliphatic carboxylic acids is 1. The minimum Gasteiger partial charge on any atom is -0.481 e. The molecule has 0 atom stereocenters. The third kappa shape index (κ3) is 6.02. The first-order chi connectivity index (χ1) is 12.5. The molecular formula is C20H26N2O4. The van der Waals surface area contributed by atoms with Crippen LogP contribution >= 0.6 is 0 Å². The fraction of sp³-hybridized carbons (Fsp3) is 0.450. The SMILES string of the molecule is CN(CC(=O)N1CCC(C(=O)O)CC1)C(=O)CC/C=C/c1ccccc1. The third-order valence-electron chi connectivity index (χ3n) is 4.63. The Morgan fingerprint density at radius 2 is 1.85 bits per heavy atom. The zero-order valence-electron chi connectivity index (χ0n) is 15.1. The number of carboxylic acids is 1. The highest BCUT2D eigenvalue weighted by molar-refractivity contribution is 5.85. The Bertz CT molecular complexity index is 649. The van der Waals surface area contributed by atoms with Crippen LogP contribution in [-0.4, -0.2) is 59.4 Å². The van der Waals surface area contributed by atoms with E-state index in [0.29, 0.717) is 38.8 Å². The van der Waals surface area contributed by atoms with Crippen molar-refractivity contribution in [1.29, 1.82) is 0 Å². The number of carboxylic acid groups (broad SMARTS) is 1. The molecule has 1 heterocycles. The molecule has 1 aliphatic heterocycles. The van der Waals surface area contributed by atoms with E-state index in [0.717, 1.165) is 5.56 Å². The maximum atomic E-state index is 12.3. The molecule has 140 valence electrons. The van der Waals surface area contributed by atoms with Crippen molar-refractivity contribution in [3.8, 4) is 0 Å². The van der Waals surface area contributed by atoms with E-state index in [2.05, 4.69) is 0 Å². The molecule has 0 aliphatic carbocycles. The summed E-state index contributed by atoms with van der Waals surface area (Å²) >= 11 is 0. The Balaban J connectivity index is 1.70. The van der Waals surface area contributed by atoms with Gasteiger partial charge in [-0.2, -0.15) is 0 Å². The van der Waals surface area contributed by atoms with Crippen molar-refractivity contribution >= 4 is 23.9 Å². The molecule has 0 spiro atoms. The fourth-order valence-corrected chi connectivity index (χ4v) is 2.95. The number of piperidine rings is 1. The van der Waals surface area contributed by atoms with Gasteiger partial charge in [-0.05, 0) is 24.8 Å². The lowest BCUT2D eigenvalue weighted by Gasteiger charge is -2.31. The quantitative estimate of drug-likeness (QED) is 0.811. The van der Waals surface area contributed by atoms with Crippen LogP contribution in [0.3, 0.4) is 0 Å². The summed E-state index contributed by atoms with van der Waals surface area (Å²) in [7, 11) is 1.63. The van der Waals surface area contributed by atoms with Crippen LogP contribution in [-0.2, 0) is 14.4 Å². The van der Waals surface area contributed by atoms with Gasteiger partial charge in [0, 0.05) is 26.6 Å². The zero-order chi connectivity index (χ0) is 18.9. The molecule has 0 aromatic heterocycles. The van der Waals surface area contributed by atoms with Crippen molar-refractivity contribution in [2.24, 2.45) is 5.92 Å². The number of hydrogen-bond donors (Lipinski definition) is 1. The molecule has 0 bridgehead atoms. The van der Waals surface area contributed by atoms with Crippen LogP contribution in [0, 0.1) is 5.92 Å². The first-order valence-electron chi connectivity index (χ1n) is 8.93. The van der Waals surface area contributed by atoms with Gasteiger partial charge in [-0.3, -0.25) is 14.4 Å². The Hall–Kier alpha value is -2.63. The second-order valence-corrected chi connectivity index (χ2v) is 6.59. The lowest BCUT2D eigenvalue weighted by molar-refractivity contribution is -0.146. The predicted molar refractivity (Wildman–Crippen MR) is 99.3 cm³/mol. The monoisotopic (exact) mass is 358 g/mol. The van der Waals surface area contributed by atoms with Crippen LogP contribution in [0.2, 0.25) is 0 Å². The molecule has 1 saturated heterocycles. The second-order valence-electron chi connectivity index (χ2n) is 6.59. The summed E-state index contributed by atoms with van der Waals surface area (Å²) in [5, 5.41) is 8.99. The number of benzene rings is 1. The van der Waals surface area contributed by atoms with Gasteiger partial charge < -0.3 is 14.9 Å². The van der Waals surface area contributed by atoms with Crippen LogP contribution in [0.25, 0.3) is 6.08 Å². The van der Waals surface area contributed by atoms with Crippen molar-refractivity contribution < 1.29 is 19.5 Å². The van der Waals surface area contributed by atoms with Crippen LogP contribution < -0.4 is 0 Å². The number of amides is 2. The summed E-state index contributed by atoms with van der Waals surface area (Å²) in [6, 6.07) is 9.87. The molecule has 1 aromatic carbocycles. The summed E-state index contributed by atoms with van der Waals surface area (Å²) in [5.74, 6) is -1.36. The average Bonchev–Trinajstić information content (AvgIpc) is 2.65. The molecule has 1 aromatic rings. The number of carbonyl (C=O) groups is 3. The maximum Gasteiger partial charge on any atom is 0.306 e. The lowest BCUT2D eigenvalue weighted by atomic mass is 9.97. The minimum atomic E-state index is -0.798. The van der Waals surface area contributed by atoms with Gasteiger partial charge in [0.05, 0.1) is 12.5 Å². The Kier molecular flexibility index (Phi) is 7.38. The van der Waals surface area contributed by atoms with Crippen molar-refractivity contribution in [3.05, 3.63) is 42.0 Å². The second kappa shape index (κ2) is 9.75. The highest BCUT2D eigenvalue weighted by Gasteiger charge is 2.27. The number of hydrogen-bond acceptors (Lipinski definition) is 3. The molecule has 6 nitrogen and oxygen atoms in total. The van der Waals surface area contributed by atoms with Crippen LogP contribution in [0.1, 0.15) is 31.2 Å². The van der Waals surface area contributed by atoms with Crippen molar-refractivity contribution in [3.63, 3.8) is 0 Å². The Morgan fingerprint density at radius 3 is 2.46 bits per heavy atom. The van der Waals surface area contributed by atoms with Gasteiger partial charge in [0.25, 0.3) is 0 Å². The number of likely N-dealkylation sites (N-methyl/N-ethyl adjacent to an activating group) is 1. The number of rotatable bonds is 7. The fourth-order valence-electron chi connectivity index (χ4n) is 2.95. The van der Waals surface area contributed by atoms with Crippen LogP contribution in [0.5, 0.6) is 0 Å². The maximum absolute atomic E-state index is 12.3. The molecule has 1 aliphatic rings. The predicted octanol–water partition coefficient (Wildman–Crippen LogP) is 2.26. The largest absolute Gasteiger partial charge is 0.481 e. The van der Waals surface area contributed by atoms with Crippen molar-refractivity contribution in [1.82, 2.24) is 9.80 Å². The average molecular weight is 358 g/mol. The van der Waals surface area contributed by atoms with Crippen LogP contribution in [0.4, 0.5) is 0 Å². The molecule has 2 rings (SSSR count). The topological polar surface area (TPSA) is 77.9 Å². The van der Waals surface area contributed by atoms with E-state index in [1.54, 1.807) is 11.9 Å². The summed E-state index contributed by atoms with van der Waals surface area (Å²) < 4.78 is 0. The summed E-state index contributed by atoms with van der Waals surface area (Å²) in [4.78, 5) is 38.5. The molecule has 0 unspecified atom stereocenters. The van der Waals surface area contributed by atoms with Gasteiger partial charge in [-0.25, -0.2) is 0 Å². The molecular weight excluding hydrogens is 332 g/mol. The van der Waals surface area contributed by atoms with Gasteiger partial charge in [-0.1, -0.05) is 42.5 Å². The molecule has 26 heavy (non-hydrogen) atoms. The number of allylic oxidation sites excluding steroid dienone is 1. The van der Waals surface area contributed by atoms with Crippen LogP contribution in [0.15, 0.2) is 36.4 Å². The summed E-state index contributed by atoms with van der Waals surface area (Å²) in [6.45, 7) is 0.925. The third-order valence-corrected chi connectivity index (χ3v) is 4.63. The van der Waals surface area contributed by atoms with Gasteiger partial charge >= 0.3 is 5.97 Å². The van der Waals surface area contributed by atoms with E-state index in [4.69, 9.17) is 5.11 Å². The van der Waals surface area contributed by atoms with Crippen molar-refractivity contribution in [2.75, 3.05) is 26.7 Å².